The number of fused-ring (bicyclic) bond motifs is 5. The van der Waals surface area contributed by atoms with E-state index in [0.717, 1.165) is 0 Å². The number of carbonyl (C=O) groups excluding carboxylic acids is 1. The lowest BCUT2D eigenvalue weighted by molar-refractivity contribution is -0.110. The second-order valence-electron chi connectivity index (χ2n) is 6.96. The van der Waals surface area contributed by atoms with E-state index in [1.807, 2.05) is 0 Å². The summed E-state index contributed by atoms with van der Waals surface area (Å²) in [4.78, 5) is 13.2. The van der Waals surface area contributed by atoms with E-state index in [1.54, 1.807) is 12.1 Å². The molecule has 2 aromatic rings. The molecule has 7 heteroatoms. The van der Waals surface area contributed by atoms with E-state index in [1.165, 1.54) is 6.20 Å². The Bertz CT molecular complexity index is 943. The minimum Gasteiger partial charge on any atom is -0.388 e. The van der Waals surface area contributed by atoms with Gasteiger partial charge in [-0.2, -0.15) is 18.3 Å². The zero-order chi connectivity index (χ0) is 16.9. The average molecular weight is 334 g/mol. The van der Waals surface area contributed by atoms with Crippen molar-refractivity contribution in [3.63, 3.8) is 0 Å². The number of ketones is 1. The molecule has 1 saturated carbocycles. The van der Waals surface area contributed by atoms with Crippen LogP contribution in [0.3, 0.4) is 0 Å². The smallest absolute Gasteiger partial charge is 0.388 e. The predicted molar refractivity (Wildman–Crippen MR) is 79.2 cm³/mol. The van der Waals surface area contributed by atoms with Crippen molar-refractivity contribution in [1.82, 2.24) is 10.2 Å². The average Bonchev–Trinajstić information content (AvgIpc) is 3.18. The summed E-state index contributed by atoms with van der Waals surface area (Å²) >= 11 is 0. The van der Waals surface area contributed by atoms with Gasteiger partial charge in [0.1, 0.15) is 0 Å². The molecule has 0 unspecified atom stereocenters. The Balaban J connectivity index is 1.93. The third-order valence-corrected chi connectivity index (χ3v) is 5.90. The van der Waals surface area contributed by atoms with Gasteiger partial charge in [-0.15, -0.1) is 0 Å². The third-order valence-electron chi connectivity index (χ3n) is 5.90. The van der Waals surface area contributed by atoms with Crippen LogP contribution in [0.4, 0.5) is 13.2 Å². The fraction of sp³-hybridized carbons (Fsp3) is 0.412. The molecule has 1 heterocycles. The van der Waals surface area contributed by atoms with Crippen molar-refractivity contribution in [2.24, 2.45) is 11.3 Å². The molecular weight excluding hydrogens is 321 g/mol. The summed E-state index contributed by atoms with van der Waals surface area (Å²) in [5.41, 5.74) is -0.817. The van der Waals surface area contributed by atoms with Crippen molar-refractivity contribution >= 4 is 22.3 Å². The van der Waals surface area contributed by atoms with E-state index < -0.39 is 29.2 Å². The number of hydrogen-bond donors (Lipinski definition) is 2. The van der Waals surface area contributed by atoms with Crippen LogP contribution in [-0.4, -0.2) is 33.4 Å². The van der Waals surface area contributed by atoms with Crippen molar-refractivity contribution in [3.8, 4) is 0 Å². The number of aromatic amines is 1. The molecule has 2 N–H and O–H groups in total. The summed E-state index contributed by atoms with van der Waals surface area (Å²) in [7, 11) is 0. The molecule has 124 valence electrons. The molecular formula is C17H13F3N2O2. The number of carbonyl (C=O) groups is 1. The van der Waals surface area contributed by atoms with Crippen molar-refractivity contribution in [3.05, 3.63) is 35.0 Å². The van der Waals surface area contributed by atoms with Crippen molar-refractivity contribution in [1.29, 1.82) is 0 Å². The SMILES string of the molecule is O=C1c2c(ccc3[nH]ncc23)C2=C(C(F)(F)F)[C@@H](O)[C@@H]3CC[C@]12C3. The first-order valence-electron chi connectivity index (χ1n) is 7.86. The van der Waals surface area contributed by atoms with E-state index in [9.17, 15) is 23.1 Å². The van der Waals surface area contributed by atoms with Crippen LogP contribution in [0.1, 0.15) is 35.2 Å². The lowest BCUT2D eigenvalue weighted by Crippen LogP contribution is -2.38. The van der Waals surface area contributed by atoms with Crippen LogP contribution in [-0.2, 0) is 0 Å². The van der Waals surface area contributed by atoms with E-state index in [4.69, 9.17) is 0 Å². The Kier molecular flexibility index (Phi) is 2.42. The summed E-state index contributed by atoms with van der Waals surface area (Å²) in [5, 5.41) is 17.5. The fourth-order valence-corrected chi connectivity index (χ4v) is 4.96. The molecule has 1 fully saturated rings. The number of alkyl halides is 3. The molecule has 5 rings (SSSR count). The molecule has 0 aliphatic heterocycles. The summed E-state index contributed by atoms with van der Waals surface area (Å²) in [5.74, 6) is -0.765. The standard InChI is InChI=1S/C17H13F3N2O2/c18-17(19,20)13-12-8-1-2-10-9(6-21-22-10)11(8)15(24)16(12)4-3-7(5-16)14(13)23/h1-2,6-7,14,23H,3-5H2,(H,21,22)/t7-,14+,16-/m1/s1. The molecule has 4 nitrogen and oxygen atoms in total. The van der Waals surface area contributed by atoms with Crippen LogP contribution in [0.25, 0.3) is 16.5 Å². The van der Waals surface area contributed by atoms with Gasteiger partial charge in [-0.05, 0) is 42.4 Å². The lowest BCUT2D eigenvalue weighted by atomic mass is 9.70. The van der Waals surface area contributed by atoms with Gasteiger partial charge in [0.25, 0.3) is 0 Å². The first kappa shape index (κ1) is 14.2. The number of halogens is 3. The lowest BCUT2D eigenvalue weighted by Gasteiger charge is -2.35. The maximum absolute atomic E-state index is 13.7. The predicted octanol–water partition coefficient (Wildman–Crippen LogP) is 3.24. The highest BCUT2D eigenvalue weighted by atomic mass is 19.4. The molecule has 0 amide bonds. The number of hydrogen-bond acceptors (Lipinski definition) is 3. The van der Waals surface area contributed by atoms with E-state index in [2.05, 4.69) is 10.2 Å². The number of H-pyrrole nitrogens is 1. The second-order valence-corrected chi connectivity index (χ2v) is 6.96. The van der Waals surface area contributed by atoms with Crippen LogP contribution in [0.15, 0.2) is 23.9 Å². The molecule has 1 aromatic heterocycles. The fourth-order valence-electron chi connectivity index (χ4n) is 4.96. The highest BCUT2D eigenvalue weighted by Crippen LogP contribution is 2.65. The molecule has 1 spiro atoms. The minimum absolute atomic E-state index is 0.000602. The zero-order valence-electron chi connectivity index (χ0n) is 12.4. The zero-order valence-corrected chi connectivity index (χ0v) is 12.4. The molecule has 2 bridgehead atoms. The minimum atomic E-state index is -4.66. The number of rotatable bonds is 0. The maximum atomic E-state index is 13.7. The number of nitrogens with one attached hydrogen (secondary N) is 1. The number of Topliss-reactive ketones (excluding diaryl/α,β-unsaturated/α-hetero) is 1. The van der Waals surface area contributed by atoms with E-state index in [0.29, 0.717) is 34.9 Å². The van der Waals surface area contributed by atoms with Crippen molar-refractivity contribution in [2.75, 3.05) is 0 Å². The van der Waals surface area contributed by atoms with Crippen LogP contribution >= 0.6 is 0 Å². The molecule has 0 saturated heterocycles. The first-order chi connectivity index (χ1) is 11.3. The molecule has 3 aliphatic rings. The van der Waals surface area contributed by atoms with Crippen LogP contribution in [0, 0.1) is 11.3 Å². The van der Waals surface area contributed by atoms with Gasteiger partial charge in [0.2, 0.25) is 0 Å². The molecule has 3 aliphatic carbocycles. The largest absolute Gasteiger partial charge is 0.415 e. The third kappa shape index (κ3) is 1.45. The number of benzene rings is 1. The summed E-state index contributed by atoms with van der Waals surface area (Å²) < 4.78 is 41.2. The molecule has 0 radical (unpaired) electrons. The van der Waals surface area contributed by atoms with Gasteiger partial charge in [-0.25, -0.2) is 0 Å². The Hall–Kier alpha value is -2.15. The van der Waals surface area contributed by atoms with E-state index >= 15 is 0 Å². The number of allylic oxidation sites excluding steroid dienone is 1. The van der Waals surface area contributed by atoms with Gasteiger partial charge < -0.3 is 5.11 Å². The summed E-state index contributed by atoms with van der Waals surface area (Å²) in [6.45, 7) is 0. The Morgan fingerprint density at radius 3 is 2.88 bits per heavy atom. The van der Waals surface area contributed by atoms with Gasteiger partial charge in [-0.1, -0.05) is 6.07 Å². The first-order valence-corrected chi connectivity index (χ1v) is 7.86. The highest BCUT2D eigenvalue weighted by Gasteiger charge is 2.63. The topological polar surface area (TPSA) is 66.0 Å². The van der Waals surface area contributed by atoms with Gasteiger partial charge in [-0.3, -0.25) is 9.89 Å². The van der Waals surface area contributed by atoms with Crippen LogP contribution in [0.2, 0.25) is 0 Å². The van der Waals surface area contributed by atoms with Gasteiger partial charge in [0.15, 0.2) is 5.78 Å². The monoisotopic (exact) mass is 334 g/mol. The normalized spacial score (nSPS) is 31.8. The number of aromatic nitrogens is 2. The Morgan fingerprint density at radius 2 is 2.12 bits per heavy atom. The van der Waals surface area contributed by atoms with Crippen molar-refractivity contribution in [2.45, 2.75) is 31.5 Å². The number of nitrogens with zero attached hydrogens (tertiary/aromatic N) is 1. The summed E-state index contributed by atoms with van der Waals surface area (Å²) in [6.07, 6.45) is -3.66. The molecule has 1 aromatic carbocycles. The molecule has 3 atom stereocenters. The number of aliphatic hydroxyl groups excluding tert-OH is 1. The number of aliphatic hydroxyl groups is 1. The quantitative estimate of drug-likeness (QED) is 0.777. The second kappa shape index (κ2) is 4.08. The van der Waals surface area contributed by atoms with Crippen LogP contribution in [0.5, 0.6) is 0 Å². The van der Waals surface area contributed by atoms with Crippen molar-refractivity contribution < 1.29 is 23.1 Å². The van der Waals surface area contributed by atoms with Gasteiger partial charge >= 0.3 is 6.18 Å². The Morgan fingerprint density at radius 1 is 1.33 bits per heavy atom. The summed E-state index contributed by atoms with van der Waals surface area (Å²) in [6, 6.07) is 3.19. The maximum Gasteiger partial charge on any atom is 0.415 e. The molecule has 24 heavy (non-hydrogen) atoms. The van der Waals surface area contributed by atoms with Gasteiger partial charge in [0.05, 0.1) is 28.8 Å². The highest BCUT2D eigenvalue weighted by molar-refractivity contribution is 6.23. The van der Waals surface area contributed by atoms with E-state index in [-0.39, 0.29) is 17.8 Å². The van der Waals surface area contributed by atoms with Crippen LogP contribution < -0.4 is 0 Å². The Labute approximate surface area is 134 Å². The van der Waals surface area contributed by atoms with Gasteiger partial charge in [0, 0.05) is 10.9 Å².